The molecule has 0 bridgehead atoms. The zero-order valence-electron chi connectivity index (χ0n) is 6.38. The molecule has 2 unspecified atom stereocenters. The minimum Gasteiger partial charge on any atom is -0.120 e. The summed E-state index contributed by atoms with van der Waals surface area (Å²) in [5.41, 5.74) is 0. The van der Waals surface area contributed by atoms with Gasteiger partial charge in [-0.3, -0.25) is 0 Å². The molecule has 1 rings (SSSR count). The van der Waals surface area contributed by atoms with Gasteiger partial charge >= 0.3 is 0 Å². The van der Waals surface area contributed by atoms with Crippen LogP contribution >= 0.6 is 0 Å². The van der Waals surface area contributed by atoms with Crippen LogP contribution in [0.1, 0.15) is 12.8 Å². The van der Waals surface area contributed by atoms with Crippen LogP contribution in [0.15, 0.2) is 0 Å². The van der Waals surface area contributed by atoms with Crippen molar-refractivity contribution < 1.29 is 0 Å². The second kappa shape index (κ2) is 3.18. The lowest BCUT2D eigenvalue weighted by molar-refractivity contribution is 0.596. The summed E-state index contributed by atoms with van der Waals surface area (Å²) in [5.74, 6) is 8.81. The average molecular weight is 142 g/mol. The van der Waals surface area contributed by atoms with Crippen molar-refractivity contribution in [2.75, 3.05) is 0 Å². The molecule has 0 aromatic rings. The van der Waals surface area contributed by atoms with Crippen LogP contribution in [0.25, 0.3) is 0 Å². The molecule has 0 radical (unpaired) electrons. The first-order valence-electron chi connectivity index (χ1n) is 3.70. The third kappa shape index (κ3) is 1.39. The SMILES string of the molecule is C#CC1CC(C#C)C(C#C)C1. The number of hydrogen-bond acceptors (Lipinski definition) is 0. The largest absolute Gasteiger partial charge is 0.120 e. The van der Waals surface area contributed by atoms with Crippen LogP contribution in [0.3, 0.4) is 0 Å². The van der Waals surface area contributed by atoms with Crippen molar-refractivity contribution in [1.82, 2.24) is 0 Å². The van der Waals surface area contributed by atoms with Crippen LogP contribution in [0.2, 0.25) is 0 Å². The fourth-order valence-electron chi connectivity index (χ4n) is 1.54. The van der Waals surface area contributed by atoms with Gasteiger partial charge in [-0.05, 0) is 12.8 Å². The summed E-state index contributed by atoms with van der Waals surface area (Å²) in [7, 11) is 0. The Morgan fingerprint density at radius 3 is 1.55 bits per heavy atom. The van der Waals surface area contributed by atoms with Crippen LogP contribution in [0.4, 0.5) is 0 Å². The molecule has 1 fully saturated rings. The van der Waals surface area contributed by atoms with Gasteiger partial charge in [0.05, 0.1) is 0 Å². The van der Waals surface area contributed by atoms with E-state index in [1.54, 1.807) is 0 Å². The van der Waals surface area contributed by atoms with Crippen molar-refractivity contribution in [1.29, 1.82) is 0 Å². The van der Waals surface area contributed by atoms with Crippen LogP contribution in [-0.4, -0.2) is 0 Å². The predicted molar refractivity (Wildman–Crippen MR) is 46.2 cm³/mol. The summed E-state index contributed by atoms with van der Waals surface area (Å²) >= 11 is 0. The van der Waals surface area contributed by atoms with E-state index < -0.39 is 0 Å². The van der Waals surface area contributed by atoms with Gasteiger partial charge in [0.25, 0.3) is 0 Å². The second-order valence-corrected chi connectivity index (χ2v) is 2.88. The molecule has 0 spiro atoms. The Balaban J connectivity index is 2.67. The van der Waals surface area contributed by atoms with Crippen molar-refractivity contribution in [3.05, 3.63) is 0 Å². The summed E-state index contributed by atoms with van der Waals surface area (Å²) in [6.45, 7) is 0. The summed E-state index contributed by atoms with van der Waals surface area (Å²) in [4.78, 5) is 0. The summed E-state index contributed by atoms with van der Waals surface area (Å²) in [6.07, 6.45) is 17.7. The molecule has 0 amide bonds. The monoisotopic (exact) mass is 142 g/mol. The highest BCUT2D eigenvalue weighted by atomic mass is 14.3. The van der Waals surface area contributed by atoms with Gasteiger partial charge in [0.15, 0.2) is 0 Å². The lowest BCUT2D eigenvalue weighted by Crippen LogP contribution is -2.01. The van der Waals surface area contributed by atoms with Gasteiger partial charge in [-0.2, -0.15) is 0 Å². The Morgan fingerprint density at radius 1 is 0.818 bits per heavy atom. The fraction of sp³-hybridized carbons (Fsp3) is 0.455. The first-order valence-corrected chi connectivity index (χ1v) is 3.70. The predicted octanol–water partition coefficient (Wildman–Crippen LogP) is 1.53. The third-order valence-electron chi connectivity index (χ3n) is 2.23. The van der Waals surface area contributed by atoms with E-state index in [9.17, 15) is 0 Å². The summed E-state index contributed by atoms with van der Waals surface area (Å²) in [5, 5.41) is 0. The molecule has 0 nitrogen and oxygen atoms in total. The maximum Gasteiger partial charge on any atom is 0.0350 e. The van der Waals surface area contributed by atoms with E-state index >= 15 is 0 Å². The quantitative estimate of drug-likeness (QED) is 0.450. The van der Waals surface area contributed by atoms with Gasteiger partial charge in [0.2, 0.25) is 0 Å². The van der Waals surface area contributed by atoms with Crippen molar-refractivity contribution in [2.45, 2.75) is 12.8 Å². The maximum absolute atomic E-state index is 5.30. The minimum absolute atomic E-state index is 0.209. The van der Waals surface area contributed by atoms with E-state index in [2.05, 4.69) is 17.8 Å². The average Bonchev–Trinajstić information content (AvgIpc) is 2.46. The highest BCUT2D eigenvalue weighted by Crippen LogP contribution is 2.34. The van der Waals surface area contributed by atoms with E-state index in [0.29, 0.717) is 5.92 Å². The summed E-state index contributed by atoms with van der Waals surface area (Å²) in [6, 6.07) is 0. The topological polar surface area (TPSA) is 0 Å². The minimum atomic E-state index is 0.209. The highest BCUT2D eigenvalue weighted by Gasteiger charge is 2.30. The number of hydrogen-bond donors (Lipinski definition) is 0. The van der Waals surface area contributed by atoms with Gasteiger partial charge in [0.1, 0.15) is 0 Å². The van der Waals surface area contributed by atoms with Gasteiger partial charge in [-0.15, -0.1) is 37.0 Å². The van der Waals surface area contributed by atoms with Crippen molar-refractivity contribution in [3.63, 3.8) is 0 Å². The molecular formula is C11H10. The van der Waals surface area contributed by atoms with E-state index in [1.807, 2.05) is 0 Å². The van der Waals surface area contributed by atoms with Crippen molar-refractivity contribution in [2.24, 2.45) is 17.8 Å². The zero-order chi connectivity index (χ0) is 8.27. The molecular weight excluding hydrogens is 132 g/mol. The molecule has 0 N–H and O–H groups in total. The van der Waals surface area contributed by atoms with Crippen LogP contribution in [-0.2, 0) is 0 Å². The zero-order valence-corrected chi connectivity index (χ0v) is 6.38. The molecule has 11 heavy (non-hydrogen) atoms. The van der Waals surface area contributed by atoms with Gasteiger partial charge < -0.3 is 0 Å². The lowest BCUT2D eigenvalue weighted by atomic mass is 9.98. The molecule has 1 aliphatic carbocycles. The molecule has 1 aliphatic rings. The molecule has 0 aromatic carbocycles. The Labute approximate surface area is 68.4 Å². The maximum atomic E-state index is 5.30. The van der Waals surface area contributed by atoms with Crippen LogP contribution in [0.5, 0.6) is 0 Å². The van der Waals surface area contributed by atoms with E-state index in [1.165, 1.54) is 0 Å². The van der Waals surface area contributed by atoms with Gasteiger partial charge in [0, 0.05) is 17.8 Å². The second-order valence-electron chi connectivity index (χ2n) is 2.88. The van der Waals surface area contributed by atoms with Crippen molar-refractivity contribution >= 4 is 0 Å². The molecule has 0 heteroatoms. The van der Waals surface area contributed by atoms with E-state index in [-0.39, 0.29) is 11.8 Å². The van der Waals surface area contributed by atoms with Crippen molar-refractivity contribution in [3.8, 4) is 37.0 Å². The first kappa shape index (κ1) is 7.78. The highest BCUT2D eigenvalue weighted by molar-refractivity contribution is 5.15. The number of terminal acetylenes is 3. The standard InChI is InChI=1S/C11H10/c1-4-9-7-10(5-2)11(6-3)8-9/h1-3,9-11H,7-8H2. The lowest BCUT2D eigenvalue weighted by Gasteiger charge is -2.03. The molecule has 0 heterocycles. The molecule has 0 saturated heterocycles. The summed E-state index contributed by atoms with van der Waals surface area (Å²) < 4.78 is 0. The first-order chi connectivity index (χ1) is 5.31. The number of rotatable bonds is 0. The van der Waals surface area contributed by atoms with Crippen LogP contribution < -0.4 is 0 Å². The normalized spacial score (nSPS) is 35.2. The van der Waals surface area contributed by atoms with Gasteiger partial charge in [-0.25, -0.2) is 0 Å². The van der Waals surface area contributed by atoms with Crippen LogP contribution in [0, 0.1) is 54.8 Å². The molecule has 54 valence electrons. The molecule has 0 aromatic heterocycles. The van der Waals surface area contributed by atoms with Gasteiger partial charge in [-0.1, -0.05) is 0 Å². The third-order valence-corrected chi connectivity index (χ3v) is 2.23. The van der Waals surface area contributed by atoms with E-state index in [4.69, 9.17) is 19.3 Å². The Bertz CT molecular complexity index is 231. The molecule has 2 atom stereocenters. The smallest absolute Gasteiger partial charge is 0.0350 e. The Morgan fingerprint density at radius 2 is 1.27 bits per heavy atom. The fourth-order valence-corrected chi connectivity index (χ4v) is 1.54. The Hall–Kier alpha value is -1.32. The van der Waals surface area contributed by atoms with E-state index in [0.717, 1.165) is 12.8 Å². The molecule has 0 aliphatic heterocycles. The molecule has 1 saturated carbocycles. The Kier molecular flexibility index (Phi) is 2.25.